The van der Waals surface area contributed by atoms with E-state index < -0.39 is 0 Å². The molecule has 2 atom stereocenters. The molecule has 168 valence electrons. The van der Waals surface area contributed by atoms with E-state index in [1.165, 1.54) is 11.3 Å². The fourth-order valence-electron chi connectivity index (χ4n) is 3.96. The molecular weight excluding hydrogens is 438 g/mol. The normalized spacial score (nSPS) is 17.0. The van der Waals surface area contributed by atoms with Gasteiger partial charge in [0.1, 0.15) is 11.5 Å². The zero-order valence-corrected chi connectivity index (χ0v) is 19.0. The van der Waals surface area contributed by atoms with Gasteiger partial charge in [0.25, 0.3) is 11.9 Å². The van der Waals surface area contributed by atoms with E-state index in [9.17, 15) is 4.79 Å². The SMILES string of the molecule is COc1ccc([C@@H]2C[C@H](c3ccc(OC)cc3)n3nc(NC(=O)c4cccs4)nc3N2)cc1. The maximum Gasteiger partial charge on any atom is 0.268 e. The van der Waals surface area contributed by atoms with Crippen molar-refractivity contribution in [2.45, 2.75) is 18.5 Å². The number of nitrogens with one attached hydrogen (secondary N) is 2. The number of ether oxygens (including phenoxy) is 2. The lowest BCUT2D eigenvalue weighted by Gasteiger charge is -2.31. The van der Waals surface area contributed by atoms with Gasteiger partial charge in [-0.15, -0.1) is 16.4 Å². The summed E-state index contributed by atoms with van der Waals surface area (Å²) in [5, 5.41) is 12.8. The molecule has 0 saturated heterocycles. The summed E-state index contributed by atoms with van der Waals surface area (Å²) in [5.74, 6) is 2.25. The molecule has 33 heavy (non-hydrogen) atoms. The molecular formula is C24H23N5O3S. The van der Waals surface area contributed by atoms with E-state index in [2.05, 4.69) is 20.7 Å². The Hall–Kier alpha value is -3.85. The van der Waals surface area contributed by atoms with Crippen LogP contribution in [0.15, 0.2) is 66.0 Å². The predicted molar refractivity (Wildman–Crippen MR) is 127 cm³/mol. The van der Waals surface area contributed by atoms with Crippen molar-refractivity contribution in [1.29, 1.82) is 0 Å². The number of fused-ring (bicyclic) bond motifs is 1. The molecule has 0 radical (unpaired) electrons. The molecule has 0 unspecified atom stereocenters. The van der Waals surface area contributed by atoms with Crippen molar-refractivity contribution in [3.63, 3.8) is 0 Å². The third kappa shape index (κ3) is 4.27. The molecule has 5 rings (SSSR count). The lowest BCUT2D eigenvalue weighted by atomic mass is 9.93. The van der Waals surface area contributed by atoms with Gasteiger partial charge in [0.05, 0.1) is 31.2 Å². The van der Waals surface area contributed by atoms with Crippen molar-refractivity contribution >= 4 is 29.1 Å². The molecule has 2 aromatic carbocycles. The van der Waals surface area contributed by atoms with Crippen molar-refractivity contribution in [2.75, 3.05) is 24.9 Å². The average molecular weight is 462 g/mol. The second-order valence-electron chi connectivity index (χ2n) is 7.63. The highest BCUT2D eigenvalue weighted by molar-refractivity contribution is 7.12. The fourth-order valence-corrected chi connectivity index (χ4v) is 4.58. The lowest BCUT2D eigenvalue weighted by molar-refractivity contribution is 0.102. The van der Waals surface area contributed by atoms with Crippen LogP contribution >= 0.6 is 11.3 Å². The molecule has 0 spiro atoms. The van der Waals surface area contributed by atoms with Gasteiger partial charge < -0.3 is 14.8 Å². The van der Waals surface area contributed by atoms with Crippen molar-refractivity contribution in [1.82, 2.24) is 14.8 Å². The van der Waals surface area contributed by atoms with Crippen molar-refractivity contribution < 1.29 is 14.3 Å². The standard InChI is InChI=1S/C24H23N5O3S/c1-31-17-9-5-15(6-10-17)19-14-20(16-7-11-18(32-2)12-8-16)29-24(25-19)27-23(28-29)26-22(30)21-4-3-13-33-21/h3-13,19-20H,14H2,1-2H3,(H2,25,26,27,28,30)/t19-,20+/m0/s1. The fraction of sp³-hybridized carbons (Fsp3) is 0.208. The van der Waals surface area contributed by atoms with Crippen LogP contribution in [0.2, 0.25) is 0 Å². The third-order valence-electron chi connectivity index (χ3n) is 5.68. The van der Waals surface area contributed by atoms with Gasteiger partial charge in [0.15, 0.2) is 0 Å². The second kappa shape index (κ2) is 8.95. The Bertz CT molecular complexity index is 1240. The first kappa shape index (κ1) is 21.0. The molecule has 0 saturated carbocycles. The van der Waals surface area contributed by atoms with E-state index in [1.54, 1.807) is 20.3 Å². The number of hydrogen-bond donors (Lipinski definition) is 2. The third-order valence-corrected chi connectivity index (χ3v) is 6.55. The number of hydrogen-bond acceptors (Lipinski definition) is 7. The largest absolute Gasteiger partial charge is 0.497 e. The Labute approximate surface area is 195 Å². The number of methoxy groups -OCH3 is 2. The molecule has 0 aliphatic carbocycles. The van der Waals surface area contributed by atoms with Crippen molar-refractivity contribution in [3.8, 4) is 11.5 Å². The van der Waals surface area contributed by atoms with Gasteiger partial charge in [-0.3, -0.25) is 10.1 Å². The van der Waals surface area contributed by atoms with Gasteiger partial charge in [-0.05, 0) is 53.3 Å². The van der Waals surface area contributed by atoms with Crippen LogP contribution in [-0.4, -0.2) is 34.9 Å². The van der Waals surface area contributed by atoms with Gasteiger partial charge in [0, 0.05) is 0 Å². The number of benzene rings is 2. The van der Waals surface area contributed by atoms with Crippen LogP contribution in [-0.2, 0) is 0 Å². The number of thiophene rings is 1. The number of anilines is 2. The first-order valence-electron chi connectivity index (χ1n) is 10.5. The minimum absolute atomic E-state index is 0.0144. The predicted octanol–water partition coefficient (Wildman–Crippen LogP) is 4.76. The van der Waals surface area contributed by atoms with Crippen LogP contribution in [0.3, 0.4) is 0 Å². The summed E-state index contributed by atoms with van der Waals surface area (Å²) in [7, 11) is 3.30. The Balaban J connectivity index is 1.48. The summed E-state index contributed by atoms with van der Waals surface area (Å²) in [6.07, 6.45) is 0.757. The van der Waals surface area contributed by atoms with E-state index in [-0.39, 0.29) is 23.9 Å². The monoisotopic (exact) mass is 461 g/mol. The zero-order chi connectivity index (χ0) is 22.8. The number of rotatable bonds is 6. The number of carbonyl (C=O) groups is 1. The average Bonchev–Trinajstić information content (AvgIpc) is 3.53. The molecule has 3 heterocycles. The molecule has 0 fully saturated rings. The molecule has 1 aliphatic rings. The molecule has 4 aromatic rings. The summed E-state index contributed by atoms with van der Waals surface area (Å²) in [5.41, 5.74) is 2.20. The van der Waals surface area contributed by atoms with Crippen LogP contribution in [0.4, 0.5) is 11.9 Å². The van der Waals surface area contributed by atoms with E-state index in [0.717, 1.165) is 29.0 Å². The molecule has 9 heteroatoms. The van der Waals surface area contributed by atoms with Gasteiger partial charge in [-0.25, -0.2) is 4.68 Å². The molecule has 8 nitrogen and oxygen atoms in total. The summed E-state index contributed by atoms with van der Waals surface area (Å²) < 4.78 is 12.5. The number of amides is 1. The summed E-state index contributed by atoms with van der Waals surface area (Å²) in [6, 6.07) is 19.5. The minimum Gasteiger partial charge on any atom is -0.497 e. The Kier molecular flexibility index (Phi) is 5.70. The van der Waals surface area contributed by atoms with Crippen molar-refractivity contribution in [3.05, 3.63) is 82.0 Å². The van der Waals surface area contributed by atoms with Gasteiger partial charge in [-0.1, -0.05) is 30.3 Å². The Morgan fingerprint density at radius 2 is 1.70 bits per heavy atom. The number of aromatic nitrogens is 3. The lowest BCUT2D eigenvalue weighted by Crippen LogP contribution is -2.28. The van der Waals surface area contributed by atoms with Crippen LogP contribution in [0, 0.1) is 0 Å². The molecule has 1 aliphatic heterocycles. The van der Waals surface area contributed by atoms with Gasteiger partial charge in [0.2, 0.25) is 5.95 Å². The zero-order valence-electron chi connectivity index (χ0n) is 18.2. The van der Waals surface area contributed by atoms with E-state index >= 15 is 0 Å². The van der Waals surface area contributed by atoms with E-state index in [1.807, 2.05) is 64.7 Å². The first-order chi connectivity index (χ1) is 16.1. The highest BCUT2D eigenvalue weighted by atomic mass is 32.1. The molecule has 2 aromatic heterocycles. The molecule has 0 bridgehead atoms. The highest BCUT2D eigenvalue weighted by Gasteiger charge is 2.31. The van der Waals surface area contributed by atoms with Crippen LogP contribution in [0.25, 0.3) is 0 Å². The first-order valence-corrected chi connectivity index (χ1v) is 11.4. The maximum absolute atomic E-state index is 12.5. The Morgan fingerprint density at radius 3 is 2.30 bits per heavy atom. The molecule has 1 amide bonds. The maximum atomic E-state index is 12.5. The summed E-state index contributed by atoms with van der Waals surface area (Å²) >= 11 is 1.37. The summed E-state index contributed by atoms with van der Waals surface area (Å²) in [6.45, 7) is 0. The molecule has 2 N–H and O–H groups in total. The minimum atomic E-state index is -0.222. The smallest absolute Gasteiger partial charge is 0.268 e. The van der Waals surface area contributed by atoms with Gasteiger partial charge >= 0.3 is 0 Å². The van der Waals surface area contributed by atoms with Crippen molar-refractivity contribution in [2.24, 2.45) is 0 Å². The topological polar surface area (TPSA) is 90.3 Å². The summed E-state index contributed by atoms with van der Waals surface area (Å²) in [4.78, 5) is 17.7. The van der Waals surface area contributed by atoms with E-state index in [0.29, 0.717) is 10.8 Å². The Morgan fingerprint density at radius 1 is 1.03 bits per heavy atom. The highest BCUT2D eigenvalue weighted by Crippen LogP contribution is 2.39. The number of nitrogens with zero attached hydrogens (tertiary/aromatic N) is 3. The van der Waals surface area contributed by atoms with Crippen LogP contribution in [0.5, 0.6) is 11.5 Å². The van der Waals surface area contributed by atoms with E-state index in [4.69, 9.17) is 9.47 Å². The van der Waals surface area contributed by atoms with Crippen LogP contribution in [0.1, 0.15) is 39.3 Å². The second-order valence-corrected chi connectivity index (χ2v) is 8.58. The van der Waals surface area contributed by atoms with Gasteiger partial charge in [-0.2, -0.15) is 4.98 Å². The quantitative estimate of drug-likeness (QED) is 0.430. The van der Waals surface area contributed by atoms with Crippen LogP contribution < -0.4 is 20.1 Å². The number of carbonyl (C=O) groups excluding carboxylic acids is 1.